The molecular formula is C19H29N3O. The maximum Gasteiger partial charge on any atom is 0.244 e. The SMILES string of the molecule is NC1(C(=O)Nc2cccc(CN3CCCCC3)c2)CCCCC1. The third-order valence-corrected chi connectivity index (χ3v) is 5.24. The van der Waals surface area contributed by atoms with Crippen LogP contribution in [0.1, 0.15) is 56.9 Å². The van der Waals surface area contributed by atoms with Crippen LogP contribution < -0.4 is 11.1 Å². The summed E-state index contributed by atoms with van der Waals surface area (Å²) >= 11 is 0. The highest BCUT2D eigenvalue weighted by atomic mass is 16.2. The maximum atomic E-state index is 12.5. The Morgan fingerprint density at radius 3 is 2.52 bits per heavy atom. The molecule has 1 heterocycles. The van der Waals surface area contributed by atoms with E-state index in [1.165, 1.54) is 44.3 Å². The summed E-state index contributed by atoms with van der Waals surface area (Å²) in [7, 11) is 0. The number of anilines is 1. The van der Waals surface area contributed by atoms with E-state index in [0.29, 0.717) is 0 Å². The molecule has 1 amide bonds. The molecule has 1 saturated heterocycles. The highest BCUT2D eigenvalue weighted by Gasteiger charge is 2.35. The number of likely N-dealkylation sites (tertiary alicyclic amines) is 1. The quantitative estimate of drug-likeness (QED) is 0.896. The molecule has 2 aliphatic rings. The van der Waals surface area contributed by atoms with Crippen LogP contribution in [0.4, 0.5) is 5.69 Å². The summed E-state index contributed by atoms with van der Waals surface area (Å²) < 4.78 is 0. The summed E-state index contributed by atoms with van der Waals surface area (Å²) in [6.07, 6.45) is 8.84. The molecule has 1 saturated carbocycles. The van der Waals surface area contributed by atoms with Gasteiger partial charge in [-0.05, 0) is 56.5 Å². The van der Waals surface area contributed by atoms with E-state index >= 15 is 0 Å². The summed E-state index contributed by atoms with van der Waals surface area (Å²) in [5, 5.41) is 3.05. The average molecular weight is 315 g/mol. The zero-order valence-corrected chi connectivity index (χ0v) is 14.0. The van der Waals surface area contributed by atoms with Crippen molar-refractivity contribution in [1.29, 1.82) is 0 Å². The van der Waals surface area contributed by atoms with Gasteiger partial charge in [-0.1, -0.05) is 37.8 Å². The molecule has 0 bridgehead atoms. The number of piperidine rings is 1. The maximum absolute atomic E-state index is 12.5. The van der Waals surface area contributed by atoms with Gasteiger partial charge < -0.3 is 11.1 Å². The summed E-state index contributed by atoms with van der Waals surface area (Å²) in [6, 6.07) is 8.23. The molecule has 4 heteroatoms. The molecule has 1 aromatic carbocycles. The number of amides is 1. The molecule has 1 aliphatic heterocycles. The molecule has 1 aliphatic carbocycles. The first-order valence-corrected chi connectivity index (χ1v) is 9.07. The third-order valence-electron chi connectivity index (χ3n) is 5.24. The minimum Gasteiger partial charge on any atom is -0.324 e. The van der Waals surface area contributed by atoms with E-state index in [4.69, 9.17) is 5.73 Å². The van der Waals surface area contributed by atoms with Crippen LogP contribution in [-0.4, -0.2) is 29.4 Å². The first kappa shape index (κ1) is 16.5. The molecule has 0 radical (unpaired) electrons. The lowest BCUT2D eigenvalue weighted by molar-refractivity contribution is -0.122. The van der Waals surface area contributed by atoms with Crippen molar-refractivity contribution < 1.29 is 4.79 Å². The zero-order valence-electron chi connectivity index (χ0n) is 14.0. The van der Waals surface area contributed by atoms with Crippen molar-refractivity contribution >= 4 is 11.6 Å². The Hall–Kier alpha value is -1.39. The molecule has 126 valence electrons. The number of hydrogen-bond acceptors (Lipinski definition) is 3. The number of hydrogen-bond donors (Lipinski definition) is 2. The second-order valence-electron chi connectivity index (χ2n) is 7.21. The Kier molecular flexibility index (Phi) is 5.34. The van der Waals surface area contributed by atoms with Crippen LogP contribution in [-0.2, 0) is 11.3 Å². The number of carbonyl (C=O) groups excluding carboxylic acids is 1. The van der Waals surface area contributed by atoms with Crippen LogP contribution in [0.5, 0.6) is 0 Å². The molecule has 4 nitrogen and oxygen atoms in total. The number of rotatable bonds is 4. The topological polar surface area (TPSA) is 58.4 Å². The van der Waals surface area contributed by atoms with Crippen molar-refractivity contribution in [2.24, 2.45) is 5.73 Å². The van der Waals surface area contributed by atoms with Crippen molar-refractivity contribution in [1.82, 2.24) is 4.90 Å². The number of nitrogens with one attached hydrogen (secondary N) is 1. The van der Waals surface area contributed by atoms with Gasteiger partial charge in [0.1, 0.15) is 0 Å². The molecule has 2 fully saturated rings. The Balaban J connectivity index is 1.61. The monoisotopic (exact) mass is 315 g/mol. The van der Waals surface area contributed by atoms with Crippen molar-refractivity contribution in [3.05, 3.63) is 29.8 Å². The van der Waals surface area contributed by atoms with E-state index in [1.54, 1.807) is 0 Å². The van der Waals surface area contributed by atoms with Gasteiger partial charge in [0.2, 0.25) is 5.91 Å². The predicted molar refractivity (Wildman–Crippen MR) is 94.2 cm³/mol. The lowest BCUT2D eigenvalue weighted by Crippen LogP contribution is -2.52. The molecule has 23 heavy (non-hydrogen) atoms. The zero-order chi connectivity index (χ0) is 16.1. The Morgan fingerprint density at radius 2 is 1.78 bits per heavy atom. The fourth-order valence-corrected chi connectivity index (χ4v) is 3.79. The first-order valence-electron chi connectivity index (χ1n) is 9.07. The number of nitrogens with two attached hydrogens (primary N) is 1. The fraction of sp³-hybridized carbons (Fsp3) is 0.632. The predicted octanol–water partition coefficient (Wildman–Crippen LogP) is 3.27. The van der Waals surface area contributed by atoms with Crippen molar-refractivity contribution in [3.8, 4) is 0 Å². The van der Waals surface area contributed by atoms with Crippen LogP contribution in [0.15, 0.2) is 24.3 Å². The van der Waals surface area contributed by atoms with E-state index in [9.17, 15) is 4.79 Å². The number of carbonyl (C=O) groups is 1. The standard InChI is InChI=1S/C19H29N3O/c20-19(10-3-1-4-11-19)18(23)21-17-9-7-8-16(14-17)15-22-12-5-2-6-13-22/h7-9,14H,1-6,10-13,15,20H2,(H,21,23). The summed E-state index contributed by atoms with van der Waals surface area (Å²) in [6.45, 7) is 3.34. The molecule has 0 atom stereocenters. The van der Waals surface area contributed by atoms with Gasteiger partial charge in [0.15, 0.2) is 0 Å². The van der Waals surface area contributed by atoms with Crippen molar-refractivity contribution in [2.75, 3.05) is 18.4 Å². The highest BCUT2D eigenvalue weighted by Crippen LogP contribution is 2.27. The Labute approximate surface area is 139 Å². The van der Waals surface area contributed by atoms with Crippen LogP contribution >= 0.6 is 0 Å². The van der Waals surface area contributed by atoms with Gasteiger partial charge in [-0.25, -0.2) is 0 Å². The van der Waals surface area contributed by atoms with Gasteiger partial charge in [0.05, 0.1) is 5.54 Å². The van der Waals surface area contributed by atoms with Gasteiger partial charge in [-0.3, -0.25) is 9.69 Å². The largest absolute Gasteiger partial charge is 0.324 e. The second-order valence-corrected chi connectivity index (χ2v) is 7.21. The third kappa shape index (κ3) is 4.33. The molecular weight excluding hydrogens is 286 g/mol. The highest BCUT2D eigenvalue weighted by molar-refractivity contribution is 5.98. The van der Waals surface area contributed by atoms with E-state index in [0.717, 1.165) is 37.9 Å². The van der Waals surface area contributed by atoms with Crippen molar-refractivity contribution in [3.63, 3.8) is 0 Å². The van der Waals surface area contributed by atoms with Crippen molar-refractivity contribution in [2.45, 2.75) is 63.5 Å². The summed E-state index contributed by atoms with van der Waals surface area (Å²) in [5.74, 6) is -0.0210. The van der Waals surface area contributed by atoms with Crippen LogP contribution in [0, 0.1) is 0 Å². The van der Waals surface area contributed by atoms with Gasteiger partial charge >= 0.3 is 0 Å². The van der Waals surface area contributed by atoms with E-state index < -0.39 is 5.54 Å². The molecule has 0 spiro atoms. The normalized spacial score (nSPS) is 21.8. The second kappa shape index (κ2) is 7.45. The minimum atomic E-state index is -0.679. The van der Waals surface area contributed by atoms with Gasteiger partial charge in [0.25, 0.3) is 0 Å². The van der Waals surface area contributed by atoms with Gasteiger partial charge in [0, 0.05) is 12.2 Å². The summed E-state index contributed by atoms with van der Waals surface area (Å²) in [4.78, 5) is 15.0. The van der Waals surface area contributed by atoms with Gasteiger partial charge in [-0.2, -0.15) is 0 Å². The van der Waals surface area contributed by atoms with E-state index in [2.05, 4.69) is 22.3 Å². The lowest BCUT2D eigenvalue weighted by atomic mass is 9.82. The first-order chi connectivity index (χ1) is 11.2. The fourth-order valence-electron chi connectivity index (χ4n) is 3.79. The Bertz CT molecular complexity index is 531. The van der Waals surface area contributed by atoms with Crippen LogP contribution in [0.25, 0.3) is 0 Å². The molecule has 3 rings (SSSR count). The van der Waals surface area contributed by atoms with Gasteiger partial charge in [-0.15, -0.1) is 0 Å². The molecule has 0 unspecified atom stereocenters. The average Bonchev–Trinajstić information content (AvgIpc) is 2.57. The molecule has 1 aromatic rings. The molecule has 3 N–H and O–H groups in total. The summed E-state index contributed by atoms with van der Waals surface area (Å²) in [5.41, 5.74) is 7.78. The lowest BCUT2D eigenvalue weighted by Gasteiger charge is -2.32. The van der Waals surface area contributed by atoms with Crippen LogP contribution in [0.2, 0.25) is 0 Å². The van der Waals surface area contributed by atoms with E-state index in [-0.39, 0.29) is 5.91 Å². The van der Waals surface area contributed by atoms with E-state index in [1.807, 2.05) is 12.1 Å². The molecule has 0 aromatic heterocycles. The van der Waals surface area contributed by atoms with Crippen LogP contribution in [0.3, 0.4) is 0 Å². The number of nitrogens with zero attached hydrogens (tertiary/aromatic N) is 1. The number of benzene rings is 1. The minimum absolute atomic E-state index is 0.0210. The Morgan fingerprint density at radius 1 is 1.09 bits per heavy atom. The smallest absolute Gasteiger partial charge is 0.244 e.